The molecule has 0 aliphatic heterocycles. The van der Waals surface area contributed by atoms with Crippen LogP contribution in [0.1, 0.15) is 23.4 Å². The Morgan fingerprint density at radius 1 is 1.15 bits per heavy atom. The Hall–Kier alpha value is -2.79. The highest BCUT2D eigenvalue weighted by Gasteiger charge is 2.11. The number of nitrogens with one attached hydrogen (secondary N) is 1. The van der Waals surface area contributed by atoms with Crippen LogP contribution in [0, 0.1) is 13.8 Å². The fourth-order valence-corrected chi connectivity index (χ4v) is 3.08. The van der Waals surface area contributed by atoms with Crippen LogP contribution < -0.4 is 10.1 Å². The summed E-state index contributed by atoms with van der Waals surface area (Å²) in [5.41, 5.74) is 3.94. The predicted molar refractivity (Wildman–Crippen MR) is 108 cm³/mol. The van der Waals surface area contributed by atoms with Crippen molar-refractivity contribution < 1.29 is 9.53 Å². The number of hydrogen-bond donors (Lipinski definition) is 1. The number of halogens is 1. The lowest BCUT2D eigenvalue weighted by atomic mass is 10.1. The predicted octanol–water partition coefficient (Wildman–Crippen LogP) is 5.05. The minimum Gasteiger partial charge on any atom is -0.456 e. The Morgan fingerprint density at radius 2 is 1.85 bits per heavy atom. The van der Waals surface area contributed by atoms with Gasteiger partial charge in [-0.15, -0.1) is 0 Å². The molecule has 0 fully saturated rings. The van der Waals surface area contributed by atoms with E-state index in [1.807, 2.05) is 49.8 Å². The SMILES string of the molecule is Cc1nn(C)c(C)c1CCC(=O)Nc1ccc(Oc2ccccc2Cl)cc1. The van der Waals surface area contributed by atoms with Crippen molar-refractivity contribution in [3.8, 4) is 11.5 Å². The first kappa shape index (κ1) is 19.0. The van der Waals surface area contributed by atoms with Crippen molar-refractivity contribution in [3.63, 3.8) is 0 Å². The second-order valence-electron chi connectivity index (χ2n) is 6.38. The minimum atomic E-state index is -0.0302. The molecule has 3 rings (SSSR count). The van der Waals surface area contributed by atoms with Gasteiger partial charge in [0, 0.05) is 24.8 Å². The highest BCUT2D eigenvalue weighted by atomic mass is 35.5. The molecule has 1 heterocycles. The molecular formula is C21H22ClN3O2. The summed E-state index contributed by atoms with van der Waals surface area (Å²) in [5, 5.41) is 7.85. The molecule has 0 bridgehead atoms. The fourth-order valence-electron chi connectivity index (χ4n) is 2.90. The lowest BCUT2D eigenvalue weighted by molar-refractivity contribution is -0.116. The van der Waals surface area contributed by atoms with E-state index in [0.29, 0.717) is 29.4 Å². The lowest BCUT2D eigenvalue weighted by Gasteiger charge is -2.09. The van der Waals surface area contributed by atoms with Gasteiger partial charge in [-0.05, 0) is 62.2 Å². The number of anilines is 1. The van der Waals surface area contributed by atoms with Gasteiger partial charge in [-0.2, -0.15) is 5.10 Å². The zero-order valence-electron chi connectivity index (χ0n) is 15.6. The molecule has 2 aromatic carbocycles. The van der Waals surface area contributed by atoms with E-state index in [1.165, 1.54) is 0 Å². The van der Waals surface area contributed by atoms with Gasteiger partial charge in [-0.1, -0.05) is 23.7 Å². The molecule has 1 aromatic heterocycles. The van der Waals surface area contributed by atoms with Gasteiger partial charge in [0.05, 0.1) is 10.7 Å². The number of benzene rings is 2. The van der Waals surface area contributed by atoms with E-state index < -0.39 is 0 Å². The van der Waals surface area contributed by atoms with E-state index >= 15 is 0 Å². The maximum absolute atomic E-state index is 12.2. The highest BCUT2D eigenvalue weighted by Crippen LogP contribution is 2.29. The van der Waals surface area contributed by atoms with Gasteiger partial charge in [0.2, 0.25) is 5.91 Å². The molecule has 0 aliphatic rings. The number of carbonyl (C=O) groups is 1. The van der Waals surface area contributed by atoms with E-state index in [-0.39, 0.29) is 5.91 Å². The molecule has 5 nitrogen and oxygen atoms in total. The molecule has 27 heavy (non-hydrogen) atoms. The summed E-state index contributed by atoms with van der Waals surface area (Å²) in [7, 11) is 1.91. The topological polar surface area (TPSA) is 56.2 Å². The van der Waals surface area contributed by atoms with Gasteiger partial charge >= 0.3 is 0 Å². The maximum atomic E-state index is 12.2. The Bertz CT molecular complexity index is 949. The van der Waals surface area contributed by atoms with E-state index in [2.05, 4.69) is 10.4 Å². The maximum Gasteiger partial charge on any atom is 0.224 e. The second-order valence-corrected chi connectivity index (χ2v) is 6.79. The number of carbonyl (C=O) groups excluding carboxylic acids is 1. The fraction of sp³-hybridized carbons (Fsp3) is 0.238. The van der Waals surface area contributed by atoms with Crippen molar-refractivity contribution >= 4 is 23.2 Å². The second kappa shape index (κ2) is 8.27. The molecule has 0 saturated carbocycles. The number of hydrogen-bond acceptors (Lipinski definition) is 3. The Labute approximate surface area is 163 Å². The summed E-state index contributed by atoms with van der Waals surface area (Å²) >= 11 is 6.10. The molecule has 0 saturated heterocycles. The molecule has 0 aliphatic carbocycles. The highest BCUT2D eigenvalue weighted by molar-refractivity contribution is 6.32. The standard InChI is InChI=1S/C21H22ClN3O2/c1-14-18(15(2)25(3)24-14)12-13-21(26)23-16-8-10-17(11-9-16)27-20-7-5-4-6-19(20)22/h4-11H,12-13H2,1-3H3,(H,23,26). The van der Waals surface area contributed by atoms with Crippen molar-refractivity contribution in [2.45, 2.75) is 26.7 Å². The third-order valence-electron chi connectivity index (χ3n) is 4.46. The summed E-state index contributed by atoms with van der Waals surface area (Å²) in [6, 6.07) is 14.5. The molecule has 0 atom stereocenters. The summed E-state index contributed by atoms with van der Waals surface area (Å²) in [6.45, 7) is 3.99. The largest absolute Gasteiger partial charge is 0.456 e. The smallest absolute Gasteiger partial charge is 0.224 e. The number of aromatic nitrogens is 2. The summed E-state index contributed by atoms with van der Waals surface area (Å²) in [4.78, 5) is 12.2. The van der Waals surface area contributed by atoms with Crippen LogP contribution in [0.3, 0.4) is 0 Å². The monoisotopic (exact) mass is 383 g/mol. The van der Waals surface area contributed by atoms with Crippen LogP contribution in [0.5, 0.6) is 11.5 Å². The Kier molecular flexibility index (Phi) is 5.81. The molecular weight excluding hydrogens is 362 g/mol. The van der Waals surface area contributed by atoms with Crippen molar-refractivity contribution in [3.05, 3.63) is 70.5 Å². The average molecular weight is 384 g/mol. The van der Waals surface area contributed by atoms with Crippen molar-refractivity contribution in [1.29, 1.82) is 0 Å². The number of rotatable bonds is 6. The van der Waals surface area contributed by atoms with Crippen LogP contribution in [0.15, 0.2) is 48.5 Å². The van der Waals surface area contributed by atoms with Crippen molar-refractivity contribution in [2.24, 2.45) is 7.05 Å². The molecule has 1 N–H and O–H groups in total. The van der Waals surface area contributed by atoms with Crippen LogP contribution in [-0.4, -0.2) is 15.7 Å². The van der Waals surface area contributed by atoms with Gasteiger partial charge in [0.25, 0.3) is 0 Å². The first-order chi connectivity index (χ1) is 12.9. The van der Waals surface area contributed by atoms with Gasteiger partial charge in [-0.25, -0.2) is 0 Å². The van der Waals surface area contributed by atoms with Crippen LogP contribution in [0.2, 0.25) is 5.02 Å². The Balaban J connectivity index is 1.56. The molecule has 6 heteroatoms. The van der Waals surface area contributed by atoms with Gasteiger partial charge in [0.15, 0.2) is 0 Å². The normalized spacial score (nSPS) is 10.7. The molecule has 1 amide bonds. The summed E-state index contributed by atoms with van der Waals surface area (Å²) < 4.78 is 7.60. The minimum absolute atomic E-state index is 0.0302. The molecule has 140 valence electrons. The summed E-state index contributed by atoms with van der Waals surface area (Å²) in [6.07, 6.45) is 1.08. The van der Waals surface area contributed by atoms with Crippen LogP contribution in [-0.2, 0) is 18.3 Å². The third kappa shape index (κ3) is 4.68. The zero-order chi connectivity index (χ0) is 19.4. The first-order valence-corrected chi connectivity index (χ1v) is 9.13. The van der Waals surface area contributed by atoms with Gasteiger partial charge in [-0.3, -0.25) is 9.48 Å². The number of aryl methyl sites for hydroxylation is 2. The van der Waals surface area contributed by atoms with Crippen molar-refractivity contribution in [2.75, 3.05) is 5.32 Å². The number of nitrogens with zero attached hydrogens (tertiary/aromatic N) is 2. The van der Waals surface area contributed by atoms with E-state index in [4.69, 9.17) is 16.3 Å². The number of ether oxygens (including phenoxy) is 1. The van der Waals surface area contributed by atoms with Crippen molar-refractivity contribution in [1.82, 2.24) is 9.78 Å². The molecule has 0 spiro atoms. The molecule has 3 aromatic rings. The van der Waals surface area contributed by atoms with Crippen LogP contribution >= 0.6 is 11.6 Å². The number of amides is 1. The summed E-state index contributed by atoms with van der Waals surface area (Å²) in [5.74, 6) is 1.22. The van der Waals surface area contributed by atoms with E-state index in [1.54, 1.807) is 24.3 Å². The van der Waals surface area contributed by atoms with Gasteiger partial charge in [0.1, 0.15) is 11.5 Å². The van der Waals surface area contributed by atoms with Crippen LogP contribution in [0.25, 0.3) is 0 Å². The van der Waals surface area contributed by atoms with E-state index in [0.717, 1.165) is 22.6 Å². The third-order valence-corrected chi connectivity index (χ3v) is 4.78. The molecule has 0 unspecified atom stereocenters. The lowest BCUT2D eigenvalue weighted by Crippen LogP contribution is -2.12. The first-order valence-electron chi connectivity index (χ1n) is 8.75. The van der Waals surface area contributed by atoms with Gasteiger partial charge < -0.3 is 10.1 Å². The number of para-hydroxylation sites is 1. The molecule has 0 radical (unpaired) electrons. The Morgan fingerprint density at radius 3 is 2.48 bits per heavy atom. The quantitative estimate of drug-likeness (QED) is 0.647. The zero-order valence-corrected chi connectivity index (χ0v) is 16.4. The van der Waals surface area contributed by atoms with Crippen LogP contribution in [0.4, 0.5) is 5.69 Å². The average Bonchev–Trinajstić information content (AvgIpc) is 2.89. The van der Waals surface area contributed by atoms with E-state index in [9.17, 15) is 4.79 Å².